The fourth-order valence-electron chi connectivity index (χ4n) is 3.18. The van der Waals surface area contributed by atoms with Crippen molar-refractivity contribution in [2.45, 2.75) is 19.9 Å². The Balaban J connectivity index is 1.83. The van der Waals surface area contributed by atoms with Gasteiger partial charge >= 0.3 is 0 Å². The van der Waals surface area contributed by atoms with Crippen LogP contribution >= 0.6 is 0 Å². The average Bonchev–Trinajstić information content (AvgIpc) is 3.14. The molecule has 1 atom stereocenters. The number of likely N-dealkylation sites (N-methyl/N-ethyl adjacent to an activating group) is 1. The molecule has 1 N–H and O–H groups in total. The summed E-state index contributed by atoms with van der Waals surface area (Å²) in [6.45, 7) is 7.38. The third-order valence-electron chi connectivity index (χ3n) is 4.53. The van der Waals surface area contributed by atoms with Gasteiger partial charge in [0.2, 0.25) is 0 Å². The van der Waals surface area contributed by atoms with Gasteiger partial charge in [-0.1, -0.05) is 6.92 Å². The fraction of sp³-hybridized carbons (Fsp3) is 0.500. The number of imidazole rings is 1. The summed E-state index contributed by atoms with van der Waals surface area (Å²) in [4.78, 5) is 24.6. The predicted octanol–water partition coefficient (Wildman–Crippen LogP) is 1.58. The van der Waals surface area contributed by atoms with E-state index in [1.165, 1.54) is 0 Å². The lowest BCUT2D eigenvalue weighted by Gasteiger charge is -2.40. The van der Waals surface area contributed by atoms with E-state index in [9.17, 15) is 4.79 Å². The summed E-state index contributed by atoms with van der Waals surface area (Å²) in [6.07, 6.45) is 5.60. The molecule has 1 amide bonds. The SMILES string of the molecule is CCN1CCN(C(=O)c2cc[nH]c2C)C[C@H]1c1nccn1C. The molecule has 0 aliphatic carbocycles. The summed E-state index contributed by atoms with van der Waals surface area (Å²) >= 11 is 0. The number of aryl methyl sites for hydroxylation is 2. The number of hydrogen-bond acceptors (Lipinski definition) is 3. The number of rotatable bonds is 3. The van der Waals surface area contributed by atoms with Crippen molar-refractivity contribution >= 4 is 5.91 Å². The van der Waals surface area contributed by atoms with Crippen LogP contribution in [0.25, 0.3) is 0 Å². The zero-order chi connectivity index (χ0) is 15.7. The van der Waals surface area contributed by atoms with Crippen LogP contribution in [-0.2, 0) is 7.05 Å². The Bertz CT molecular complexity index is 659. The van der Waals surface area contributed by atoms with Crippen LogP contribution in [-0.4, -0.2) is 56.4 Å². The summed E-state index contributed by atoms with van der Waals surface area (Å²) in [5.74, 6) is 1.12. The van der Waals surface area contributed by atoms with E-state index in [1.54, 1.807) is 0 Å². The first kappa shape index (κ1) is 14.8. The average molecular weight is 301 g/mol. The Morgan fingerprint density at radius 3 is 2.86 bits per heavy atom. The standard InChI is InChI=1S/C16H23N5O/c1-4-20-9-10-21(16(22)13-5-6-17-12(13)2)11-14(20)15-18-7-8-19(15)3/h5-8,14,17H,4,9-11H2,1-3H3/t14-/m0/s1. The lowest BCUT2D eigenvalue weighted by molar-refractivity contribution is 0.0472. The molecule has 2 aromatic heterocycles. The number of carbonyl (C=O) groups excluding carboxylic acids is 1. The number of aromatic amines is 1. The highest BCUT2D eigenvalue weighted by atomic mass is 16.2. The van der Waals surface area contributed by atoms with Gasteiger partial charge in [-0.2, -0.15) is 0 Å². The highest BCUT2D eigenvalue weighted by molar-refractivity contribution is 5.95. The normalized spacial score (nSPS) is 19.6. The molecular formula is C16H23N5O. The largest absolute Gasteiger partial charge is 0.365 e. The molecule has 0 saturated carbocycles. The van der Waals surface area contributed by atoms with E-state index >= 15 is 0 Å². The lowest BCUT2D eigenvalue weighted by atomic mass is 10.1. The second kappa shape index (κ2) is 5.96. The fourth-order valence-corrected chi connectivity index (χ4v) is 3.18. The Kier molecular flexibility index (Phi) is 4.02. The van der Waals surface area contributed by atoms with Gasteiger partial charge in [0, 0.05) is 51.0 Å². The molecule has 118 valence electrons. The summed E-state index contributed by atoms with van der Waals surface area (Å²) in [5.41, 5.74) is 1.69. The zero-order valence-electron chi connectivity index (χ0n) is 13.4. The summed E-state index contributed by atoms with van der Waals surface area (Å²) in [7, 11) is 2.01. The Morgan fingerprint density at radius 2 is 2.27 bits per heavy atom. The molecule has 0 spiro atoms. The number of hydrogen-bond donors (Lipinski definition) is 1. The van der Waals surface area contributed by atoms with Gasteiger partial charge in [-0.3, -0.25) is 9.69 Å². The van der Waals surface area contributed by atoms with Gasteiger partial charge in [-0.05, 0) is 19.5 Å². The van der Waals surface area contributed by atoms with E-state index in [-0.39, 0.29) is 11.9 Å². The molecule has 1 aliphatic rings. The number of aromatic nitrogens is 3. The van der Waals surface area contributed by atoms with Crippen LogP contribution in [0.4, 0.5) is 0 Å². The lowest BCUT2D eigenvalue weighted by Crippen LogP contribution is -2.51. The molecule has 0 radical (unpaired) electrons. The van der Waals surface area contributed by atoms with Gasteiger partial charge in [0.15, 0.2) is 0 Å². The van der Waals surface area contributed by atoms with Crippen molar-refractivity contribution in [3.63, 3.8) is 0 Å². The smallest absolute Gasteiger partial charge is 0.255 e. The van der Waals surface area contributed by atoms with E-state index in [0.717, 1.165) is 36.7 Å². The molecular weight excluding hydrogens is 278 g/mol. The third kappa shape index (κ3) is 2.54. The van der Waals surface area contributed by atoms with E-state index in [0.29, 0.717) is 6.54 Å². The van der Waals surface area contributed by atoms with Crippen LogP contribution in [0, 0.1) is 6.92 Å². The molecule has 2 aromatic rings. The van der Waals surface area contributed by atoms with Crippen molar-refractivity contribution in [2.75, 3.05) is 26.2 Å². The van der Waals surface area contributed by atoms with Gasteiger partial charge in [-0.25, -0.2) is 4.98 Å². The molecule has 0 aromatic carbocycles. The first-order valence-corrected chi connectivity index (χ1v) is 7.76. The second-order valence-corrected chi connectivity index (χ2v) is 5.81. The first-order valence-electron chi connectivity index (χ1n) is 7.76. The van der Waals surface area contributed by atoms with Crippen LogP contribution in [0.5, 0.6) is 0 Å². The molecule has 3 heterocycles. The van der Waals surface area contributed by atoms with Crippen molar-refractivity contribution in [1.29, 1.82) is 0 Å². The second-order valence-electron chi connectivity index (χ2n) is 5.81. The summed E-state index contributed by atoms with van der Waals surface area (Å²) in [6, 6.07) is 2.02. The molecule has 1 saturated heterocycles. The number of amides is 1. The molecule has 6 heteroatoms. The molecule has 1 aliphatic heterocycles. The van der Waals surface area contributed by atoms with Crippen LogP contribution in [0.2, 0.25) is 0 Å². The summed E-state index contributed by atoms with van der Waals surface area (Å²) < 4.78 is 2.04. The molecule has 3 rings (SSSR count). The monoisotopic (exact) mass is 301 g/mol. The number of carbonyl (C=O) groups is 1. The Hall–Kier alpha value is -2.08. The van der Waals surface area contributed by atoms with Crippen LogP contribution in [0.15, 0.2) is 24.7 Å². The number of nitrogens with zero attached hydrogens (tertiary/aromatic N) is 4. The maximum absolute atomic E-state index is 12.7. The van der Waals surface area contributed by atoms with Crippen molar-refractivity contribution in [3.8, 4) is 0 Å². The minimum atomic E-state index is 0.105. The minimum absolute atomic E-state index is 0.105. The van der Waals surface area contributed by atoms with Crippen molar-refractivity contribution in [1.82, 2.24) is 24.3 Å². The molecule has 6 nitrogen and oxygen atoms in total. The van der Waals surface area contributed by atoms with Gasteiger partial charge in [-0.15, -0.1) is 0 Å². The molecule has 0 bridgehead atoms. The van der Waals surface area contributed by atoms with Crippen LogP contribution < -0.4 is 0 Å². The van der Waals surface area contributed by atoms with Crippen molar-refractivity contribution in [2.24, 2.45) is 7.05 Å². The topological polar surface area (TPSA) is 57.2 Å². The van der Waals surface area contributed by atoms with Gasteiger partial charge < -0.3 is 14.5 Å². The molecule has 1 fully saturated rings. The maximum atomic E-state index is 12.7. The first-order chi connectivity index (χ1) is 10.6. The van der Waals surface area contributed by atoms with Gasteiger partial charge in [0.05, 0.1) is 11.6 Å². The van der Waals surface area contributed by atoms with Crippen LogP contribution in [0.1, 0.15) is 34.8 Å². The van der Waals surface area contributed by atoms with E-state index < -0.39 is 0 Å². The third-order valence-corrected chi connectivity index (χ3v) is 4.53. The van der Waals surface area contributed by atoms with Gasteiger partial charge in [0.1, 0.15) is 5.82 Å². The maximum Gasteiger partial charge on any atom is 0.255 e. The van der Waals surface area contributed by atoms with E-state index in [4.69, 9.17) is 0 Å². The Labute approximate surface area is 130 Å². The molecule has 22 heavy (non-hydrogen) atoms. The zero-order valence-corrected chi connectivity index (χ0v) is 13.4. The van der Waals surface area contributed by atoms with Gasteiger partial charge in [0.25, 0.3) is 5.91 Å². The van der Waals surface area contributed by atoms with E-state index in [2.05, 4.69) is 21.8 Å². The van der Waals surface area contributed by atoms with Crippen molar-refractivity contribution in [3.05, 3.63) is 41.7 Å². The highest BCUT2D eigenvalue weighted by Crippen LogP contribution is 2.25. The molecule has 0 unspecified atom stereocenters. The Morgan fingerprint density at radius 1 is 1.45 bits per heavy atom. The summed E-state index contributed by atoms with van der Waals surface area (Å²) in [5, 5.41) is 0. The minimum Gasteiger partial charge on any atom is -0.365 e. The number of nitrogens with one attached hydrogen (secondary N) is 1. The van der Waals surface area contributed by atoms with E-state index in [1.807, 2.05) is 48.1 Å². The van der Waals surface area contributed by atoms with Crippen LogP contribution in [0.3, 0.4) is 0 Å². The highest BCUT2D eigenvalue weighted by Gasteiger charge is 2.32. The quantitative estimate of drug-likeness (QED) is 0.936. The van der Waals surface area contributed by atoms with Crippen molar-refractivity contribution < 1.29 is 4.79 Å². The number of piperazine rings is 1. The predicted molar refractivity (Wildman–Crippen MR) is 84.6 cm³/mol. The number of H-pyrrole nitrogens is 1.